The number of aromatic nitrogens is 2. The molecule has 2 heterocycles. The average molecular weight is 554 g/mol. The molecule has 0 spiro atoms. The van der Waals surface area contributed by atoms with Crippen molar-refractivity contribution in [2.75, 3.05) is 30.9 Å². The van der Waals surface area contributed by atoms with Crippen LogP contribution >= 0.6 is 11.3 Å². The van der Waals surface area contributed by atoms with Crippen molar-refractivity contribution < 1.29 is 18.0 Å². The van der Waals surface area contributed by atoms with Crippen LogP contribution in [-0.2, 0) is 21.7 Å². The van der Waals surface area contributed by atoms with Gasteiger partial charge >= 0.3 is 0 Å². The van der Waals surface area contributed by atoms with Crippen molar-refractivity contribution in [2.24, 2.45) is 7.05 Å². The standard InChI is InChI=1S/C27H31N5O4S2/c1-16(2)38(35,36)24-13-19(12-23-21(24)10-17(3)32(23)6)26(34)28-14-25(33)30-27-29-22(15-37-27)18-8-7-9-20(11-18)31(4)5/h7-13,15-16H,14H2,1-6H3,(H,28,34)(H,29,30,33). The van der Waals surface area contributed by atoms with Crippen LogP contribution in [0, 0.1) is 6.92 Å². The van der Waals surface area contributed by atoms with E-state index in [9.17, 15) is 18.0 Å². The Balaban J connectivity index is 1.48. The Morgan fingerprint density at radius 2 is 1.87 bits per heavy atom. The molecule has 200 valence electrons. The minimum Gasteiger partial charge on any atom is -0.378 e. The maximum atomic E-state index is 13.1. The molecular formula is C27H31N5O4S2. The van der Waals surface area contributed by atoms with Crippen LogP contribution in [0.3, 0.4) is 0 Å². The molecule has 38 heavy (non-hydrogen) atoms. The molecule has 0 bridgehead atoms. The summed E-state index contributed by atoms with van der Waals surface area (Å²) in [6.45, 7) is 4.80. The van der Waals surface area contributed by atoms with E-state index in [2.05, 4.69) is 15.6 Å². The number of carbonyl (C=O) groups excluding carboxylic acids is 2. The van der Waals surface area contributed by atoms with Crippen molar-refractivity contribution in [3.8, 4) is 11.3 Å². The van der Waals surface area contributed by atoms with E-state index in [1.165, 1.54) is 17.4 Å². The van der Waals surface area contributed by atoms with Crippen molar-refractivity contribution >= 4 is 54.7 Å². The highest BCUT2D eigenvalue weighted by Crippen LogP contribution is 2.30. The molecule has 2 N–H and O–H groups in total. The van der Waals surface area contributed by atoms with Gasteiger partial charge in [0.05, 0.1) is 27.9 Å². The molecule has 0 atom stereocenters. The van der Waals surface area contributed by atoms with Gasteiger partial charge in [0.1, 0.15) is 0 Å². The van der Waals surface area contributed by atoms with Crippen LogP contribution in [0.4, 0.5) is 10.8 Å². The summed E-state index contributed by atoms with van der Waals surface area (Å²) in [6, 6.07) is 12.7. The van der Waals surface area contributed by atoms with E-state index in [1.54, 1.807) is 26.0 Å². The second kappa shape index (κ2) is 10.6. The summed E-state index contributed by atoms with van der Waals surface area (Å²) < 4.78 is 27.9. The maximum Gasteiger partial charge on any atom is 0.251 e. The lowest BCUT2D eigenvalue weighted by Crippen LogP contribution is -2.33. The summed E-state index contributed by atoms with van der Waals surface area (Å²) in [5.41, 5.74) is 4.38. The number of benzene rings is 2. The number of carbonyl (C=O) groups is 2. The second-order valence-electron chi connectivity index (χ2n) is 9.56. The average Bonchev–Trinajstić information content (AvgIpc) is 3.45. The molecule has 0 fully saturated rings. The van der Waals surface area contributed by atoms with Gasteiger partial charge < -0.3 is 20.1 Å². The first-order chi connectivity index (χ1) is 17.9. The third-order valence-corrected chi connectivity index (χ3v) is 9.32. The summed E-state index contributed by atoms with van der Waals surface area (Å²) in [7, 11) is 2.09. The van der Waals surface area contributed by atoms with Crippen molar-refractivity contribution in [3.63, 3.8) is 0 Å². The number of thiazole rings is 1. The number of aryl methyl sites for hydroxylation is 2. The molecule has 0 saturated heterocycles. The van der Waals surface area contributed by atoms with Crippen LogP contribution in [-0.4, -0.2) is 55.7 Å². The number of hydrogen-bond acceptors (Lipinski definition) is 7. The van der Waals surface area contributed by atoms with Crippen molar-refractivity contribution in [1.29, 1.82) is 0 Å². The minimum atomic E-state index is -3.65. The topological polar surface area (TPSA) is 113 Å². The van der Waals surface area contributed by atoms with Crippen LogP contribution in [0.25, 0.3) is 22.2 Å². The number of amides is 2. The molecule has 0 unspecified atom stereocenters. The number of anilines is 2. The molecule has 0 aliphatic carbocycles. The Morgan fingerprint density at radius 1 is 1.13 bits per heavy atom. The molecule has 2 aromatic carbocycles. The van der Waals surface area contributed by atoms with E-state index in [1.807, 2.05) is 67.2 Å². The number of hydrogen-bond donors (Lipinski definition) is 2. The van der Waals surface area contributed by atoms with Gasteiger partial charge in [0, 0.05) is 54.4 Å². The molecule has 9 nitrogen and oxygen atoms in total. The molecule has 4 aromatic rings. The predicted molar refractivity (Wildman–Crippen MR) is 153 cm³/mol. The highest BCUT2D eigenvalue weighted by atomic mass is 32.2. The monoisotopic (exact) mass is 553 g/mol. The lowest BCUT2D eigenvalue weighted by molar-refractivity contribution is -0.115. The number of nitrogens with one attached hydrogen (secondary N) is 2. The van der Waals surface area contributed by atoms with Gasteiger partial charge in [-0.15, -0.1) is 11.3 Å². The fraction of sp³-hybridized carbons (Fsp3) is 0.296. The Bertz CT molecular complexity index is 1630. The predicted octanol–water partition coefficient (Wildman–Crippen LogP) is 4.23. The zero-order valence-electron chi connectivity index (χ0n) is 22.2. The number of sulfone groups is 1. The first kappa shape index (κ1) is 27.3. The second-order valence-corrected chi connectivity index (χ2v) is 12.9. The van der Waals surface area contributed by atoms with Gasteiger partial charge in [0.25, 0.3) is 5.91 Å². The van der Waals surface area contributed by atoms with Crippen LogP contribution < -0.4 is 15.5 Å². The Labute approximate surface area is 226 Å². The molecule has 2 aromatic heterocycles. The fourth-order valence-electron chi connectivity index (χ4n) is 3.98. The van der Waals surface area contributed by atoms with Gasteiger partial charge in [-0.2, -0.15) is 0 Å². The van der Waals surface area contributed by atoms with Gasteiger partial charge in [0.15, 0.2) is 15.0 Å². The van der Waals surface area contributed by atoms with Crippen molar-refractivity contribution in [1.82, 2.24) is 14.9 Å². The van der Waals surface area contributed by atoms with E-state index in [-0.39, 0.29) is 17.0 Å². The summed E-state index contributed by atoms with van der Waals surface area (Å²) >= 11 is 1.29. The smallest absolute Gasteiger partial charge is 0.251 e. The molecule has 4 rings (SSSR count). The highest BCUT2D eigenvalue weighted by molar-refractivity contribution is 7.92. The zero-order valence-corrected chi connectivity index (χ0v) is 23.8. The number of nitrogens with zero attached hydrogens (tertiary/aromatic N) is 3. The van der Waals surface area contributed by atoms with E-state index in [4.69, 9.17) is 0 Å². The molecule has 0 saturated carbocycles. The first-order valence-electron chi connectivity index (χ1n) is 12.0. The van der Waals surface area contributed by atoms with Gasteiger partial charge in [-0.05, 0) is 51.1 Å². The summed E-state index contributed by atoms with van der Waals surface area (Å²) in [5.74, 6) is -0.978. The zero-order chi connectivity index (χ0) is 27.8. The minimum absolute atomic E-state index is 0.108. The molecule has 11 heteroatoms. The first-order valence-corrected chi connectivity index (χ1v) is 14.5. The lowest BCUT2D eigenvalue weighted by Gasteiger charge is -2.13. The van der Waals surface area contributed by atoms with Crippen LogP contribution in [0.1, 0.15) is 29.9 Å². The normalized spacial score (nSPS) is 11.7. The Kier molecular flexibility index (Phi) is 7.61. The SMILES string of the molecule is Cc1cc2c(S(=O)(=O)C(C)C)cc(C(=O)NCC(=O)Nc3nc(-c4cccc(N(C)C)c4)cs3)cc2n1C. The summed E-state index contributed by atoms with van der Waals surface area (Å²) in [4.78, 5) is 32.1. The van der Waals surface area contributed by atoms with E-state index in [0.29, 0.717) is 16.0 Å². The fourth-order valence-corrected chi connectivity index (χ4v) is 5.99. The van der Waals surface area contributed by atoms with Crippen LogP contribution in [0.5, 0.6) is 0 Å². The van der Waals surface area contributed by atoms with Crippen LogP contribution in [0.2, 0.25) is 0 Å². The third-order valence-electron chi connectivity index (χ3n) is 6.37. The Hall–Kier alpha value is -3.70. The van der Waals surface area contributed by atoms with E-state index < -0.39 is 26.9 Å². The van der Waals surface area contributed by atoms with Crippen LogP contribution in [0.15, 0.2) is 52.7 Å². The van der Waals surface area contributed by atoms with Gasteiger partial charge in [-0.3, -0.25) is 9.59 Å². The molecule has 0 aliphatic heterocycles. The summed E-state index contributed by atoms with van der Waals surface area (Å²) in [5, 5.41) is 7.50. The van der Waals surface area contributed by atoms with Crippen molar-refractivity contribution in [3.05, 3.63) is 59.1 Å². The number of fused-ring (bicyclic) bond motifs is 1. The highest BCUT2D eigenvalue weighted by Gasteiger charge is 2.25. The third kappa shape index (κ3) is 5.44. The molecule has 0 aliphatic rings. The quantitative estimate of drug-likeness (QED) is 0.338. The molecule has 0 radical (unpaired) electrons. The molecule has 2 amide bonds. The van der Waals surface area contributed by atoms with Gasteiger partial charge in [0.2, 0.25) is 5.91 Å². The van der Waals surface area contributed by atoms with E-state index in [0.717, 1.165) is 22.6 Å². The van der Waals surface area contributed by atoms with Gasteiger partial charge in [-0.25, -0.2) is 13.4 Å². The van der Waals surface area contributed by atoms with E-state index >= 15 is 0 Å². The molecular weight excluding hydrogens is 522 g/mol. The maximum absolute atomic E-state index is 13.1. The van der Waals surface area contributed by atoms with Gasteiger partial charge in [-0.1, -0.05) is 12.1 Å². The largest absolute Gasteiger partial charge is 0.378 e. The Morgan fingerprint density at radius 3 is 2.55 bits per heavy atom. The number of rotatable bonds is 8. The summed E-state index contributed by atoms with van der Waals surface area (Å²) in [6.07, 6.45) is 0. The lowest BCUT2D eigenvalue weighted by atomic mass is 10.1. The van der Waals surface area contributed by atoms with Crippen molar-refractivity contribution in [2.45, 2.75) is 30.9 Å².